The van der Waals surface area contributed by atoms with Crippen LogP contribution in [0, 0.1) is 0 Å². The van der Waals surface area contributed by atoms with Crippen LogP contribution in [0.3, 0.4) is 0 Å². The summed E-state index contributed by atoms with van der Waals surface area (Å²) < 4.78 is 5.35. The van der Waals surface area contributed by atoms with E-state index in [1.807, 2.05) is 25.2 Å². The first-order valence-electron chi connectivity index (χ1n) is 4.80. The second-order valence-electron chi connectivity index (χ2n) is 3.50. The molecule has 1 aromatic rings. The van der Waals surface area contributed by atoms with Gasteiger partial charge in [0.1, 0.15) is 11.3 Å². The van der Waals surface area contributed by atoms with E-state index in [4.69, 9.17) is 4.74 Å². The smallest absolute Gasteiger partial charge is 0.227 e. The lowest BCUT2D eigenvalue weighted by molar-refractivity contribution is -0.118. The molecule has 3 nitrogen and oxygen atoms in total. The molecule has 0 N–H and O–H groups in total. The third kappa shape index (κ3) is 2.00. The SMILES string of the molecule is CN1C(=O)CCc2cc(OCBr)ccc21. The number of carbonyl (C=O) groups is 1. The maximum atomic E-state index is 11.5. The Kier molecular flexibility index (Phi) is 2.95. The fraction of sp³-hybridized carbons (Fsp3) is 0.364. The Balaban J connectivity index is 2.34. The number of halogens is 1. The molecule has 1 heterocycles. The molecule has 0 spiro atoms. The van der Waals surface area contributed by atoms with Crippen LogP contribution in [0.4, 0.5) is 5.69 Å². The van der Waals surface area contributed by atoms with E-state index in [1.54, 1.807) is 4.90 Å². The van der Waals surface area contributed by atoms with Crippen molar-refractivity contribution in [1.82, 2.24) is 0 Å². The predicted molar refractivity (Wildman–Crippen MR) is 62.6 cm³/mol. The molecule has 0 saturated carbocycles. The number of fused-ring (bicyclic) bond motifs is 1. The minimum atomic E-state index is 0.177. The zero-order chi connectivity index (χ0) is 10.8. The summed E-state index contributed by atoms with van der Waals surface area (Å²) in [6, 6.07) is 5.82. The van der Waals surface area contributed by atoms with Crippen LogP contribution in [0.5, 0.6) is 5.75 Å². The fourth-order valence-corrected chi connectivity index (χ4v) is 2.05. The van der Waals surface area contributed by atoms with E-state index < -0.39 is 0 Å². The van der Waals surface area contributed by atoms with Gasteiger partial charge in [-0.1, -0.05) is 0 Å². The van der Waals surface area contributed by atoms with Gasteiger partial charge in [-0.25, -0.2) is 0 Å². The summed E-state index contributed by atoms with van der Waals surface area (Å²) in [6.45, 7) is 0. The summed E-state index contributed by atoms with van der Waals surface area (Å²) in [6.07, 6.45) is 1.39. The molecule has 80 valence electrons. The number of hydrogen-bond acceptors (Lipinski definition) is 2. The van der Waals surface area contributed by atoms with Crippen LogP contribution in [-0.2, 0) is 11.2 Å². The average Bonchev–Trinajstić information content (AvgIpc) is 2.24. The molecule has 0 atom stereocenters. The molecule has 4 heteroatoms. The maximum absolute atomic E-state index is 11.5. The van der Waals surface area contributed by atoms with E-state index in [-0.39, 0.29) is 5.91 Å². The molecule has 0 aromatic heterocycles. The first-order chi connectivity index (χ1) is 7.22. The molecule has 0 radical (unpaired) electrons. The number of carbonyl (C=O) groups excluding carboxylic acids is 1. The molecule has 0 unspecified atom stereocenters. The summed E-state index contributed by atoms with van der Waals surface area (Å²) in [5, 5.41) is 0. The highest BCUT2D eigenvalue weighted by atomic mass is 79.9. The molecule has 0 saturated heterocycles. The molecular weight excluding hydrogens is 258 g/mol. The van der Waals surface area contributed by atoms with Crippen LogP contribution in [0.25, 0.3) is 0 Å². The monoisotopic (exact) mass is 269 g/mol. The molecule has 2 rings (SSSR count). The van der Waals surface area contributed by atoms with Gasteiger partial charge in [-0.3, -0.25) is 4.79 Å². The Morgan fingerprint density at radius 1 is 1.47 bits per heavy atom. The highest BCUT2D eigenvalue weighted by Crippen LogP contribution is 2.30. The molecule has 0 aliphatic carbocycles. The first-order valence-corrected chi connectivity index (χ1v) is 5.93. The molecule has 0 fully saturated rings. The van der Waals surface area contributed by atoms with E-state index in [2.05, 4.69) is 15.9 Å². The number of ether oxygens (including phenoxy) is 1. The number of aryl methyl sites for hydroxylation is 1. The lowest BCUT2D eigenvalue weighted by atomic mass is 10.0. The quantitative estimate of drug-likeness (QED) is 0.772. The van der Waals surface area contributed by atoms with E-state index in [1.165, 1.54) is 5.56 Å². The minimum Gasteiger partial charge on any atom is -0.482 e. The second-order valence-corrected chi connectivity index (χ2v) is 3.95. The Hall–Kier alpha value is -1.03. The van der Waals surface area contributed by atoms with Gasteiger partial charge in [-0.15, -0.1) is 0 Å². The van der Waals surface area contributed by atoms with Crippen molar-refractivity contribution in [3.05, 3.63) is 23.8 Å². The fourth-order valence-electron chi connectivity index (χ4n) is 1.79. The van der Waals surface area contributed by atoms with Crippen LogP contribution in [0.2, 0.25) is 0 Å². The molecule has 1 aliphatic rings. The average molecular weight is 270 g/mol. The van der Waals surface area contributed by atoms with Gasteiger partial charge in [-0.05, 0) is 46.1 Å². The molecule has 1 amide bonds. The number of anilines is 1. The molecule has 0 bridgehead atoms. The first kappa shape index (κ1) is 10.5. The Morgan fingerprint density at radius 3 is 3.00 bits per heavy atom. The van der Waals surface area contributed by atoms with Crippen LogP contribution < -0.4 is 9.64 Å². The minimum absolute atomic E-state index is 0.177. The van der Waals surface area contributed by atoms with E-state index in [0.717, 1.165) is 17.9 Å². The van der Waals surface area contributed by atoms with Gasteiger partial charge >= 0.3 is 0 Å². The second kappa shape index (κ2) is 4.23. The molecular formula is C11H12BrNO2. The lowest BCUT2D eigenvalue weighted by Crippen LogP contribution is -2.30. The molecule has 1 aromatic carbocycles. The van der Waals surface area contributed by atoms with Crippen molar-refractivity contribution in [2.24, 2.45) is 0 Å². The number of amides is 1. The standard InChI is InChI=1S/C11H12BrNO2/c1-13-10-4-3-9(15-7-12)6-8(10)2-5-11(13)14/h3-4,6H,2,5,7H2,1H3. The Bertz CT molecular complexity index is 392. The maximum Gasteiger partial charge on any atom is 0.227 e. The third-order valence-corrected chi connectivity index (χ3v) is 2.84. The predicted octanol–water partition coefficient (Wildman–Crippen LogP) is 2.33. The summed E-state index contributed by atoms with van der Waals surface area (Å²) in [7, 11) is 1.81. The highest BCUT2D eigenvalue weighted by molar-refractivity contribution is 9.09. The number of rotatable bonds is 2. The van der Waals surface area contributed by atoms with Crippen LogP contribution in [0.15, 0.2) is 18.2 Å². The van der Waals surface area contributed by atoms with Crippen molar-refractivity contribution in [1.29, 1.82) is 0 Å². The number of alkyl halides is 1. The van der Waals surface area contributed by atoms with Crippen molar-refractivity contribution in [2.75, 3.05) is 17.5 Å². The summed E-state index contributed by atoms with van der Waals surface area (Å²) in [5.41, 5.74) is 2.66. The Labute approximate surface area is 97.2 Å². The van der Waals surface area contributed by atoms with Crippen molar-refractivity contribution in [2.45, 2.75) is 12.8 Å². The highest BCUT2D eigenvalue weighted by Gasteiger charge is 2.20. The van der Waals surface area contributed by atoms with E-state index in [9.17, 15) is 4.79 Å². The van der Waals surface area contributed by atoms with E-state index >= 15 is 0 Å². The van der Waals surface area contributed by atoms with Crippen molar-refractivity contribution < 1.29 is 9.53 Å². The summed E-state index contributed by atoms with van der Waals surface area (Å²) in [5.74, 6) is 1.02. The normalized spacial score (nSPS) is 15.1. The van der Waals surface area contributed by atoms with E-state index in [0.29, 0.717) is 11.9 Å². The number of hydrogen-bond donors (Lipinski definition) is 0. The van der Waals surface area contributed by atoms with Crippen molar-refractivity contribution >= 4 is 27.5 Å². The summed E-state index contributed by atoms with van der Waals surface area (Å²) >= 11 is 3.22. The van der Waals surface area contributed by atoms with Crippen molar-refractivity contribution in [3.8, 4) is 5.75 Å². The van der Waals surface area contributed by atoms with Gasteiger partial charge in [0.2, 0.25) is 5.91 Å². The molecule has 15 heavy (non-hydrogen) atoms. The van der Waals surface area contributed by atoms with Gasteiger partial charge in [0, 0.05) is 19.2 Å². The summed E-state index contributed by atoms with van der Waals surface area (Å²) in [4.78, 5) is 13.2. The van der Waals surface area contributed by atoms with Crippen LogP contribution >= 0.6 is 15.9 Å². The van der Waals surface area contributed by atoms with Gasteiger partial charge in [0.15, 0.2) is 0 Å². The van der Waals surface area contributed by atoms with Gasteiger partial charge in [-0.2, -0.15) is 0 Å². The van der Waals surface area contributed by atoms with Gasteiger partial charge < -0.3 is 9.64 Å². The van der Waals surface area contributed by atoms with Crippen molar-refractivity contribution in [3.63, 3.8) is 0 Å². The number of benzene rings is 1. The molecule has 1 aliphatic heterocycles. The van der Waals surface area contributed by atoms with Gasteiger partial charge in [0.25, 0.3) is 0 Å². The zero-order valence-electron chi connectivity index (χ0n) is 8.50. The zero-order valence-corrected chi connectivity index (χ0v) is 10.1. The largest absolute Gasteiger partial charge is 0.482 e. The van der Waals surface area contributed by atoms with Gasteiger partial charge in [0.05, 0.1) is 0 Å². The topological polar surface area (TPSA) is 29.5 Å². The number of nitrogens with zero attached hydrogens (tertiary/aromatic N) is 1. The van der Waals surface area contributed by atoms with Crippen LogP contribution in [-0.4, -0.2) is 18.5 Å². The third-order valence-electron chi connectivity index (χ3n) is 2.62. The lowest BCUT2D eigenvalue weighted by Gasteiger charge is -2.25. The Morgan fingerprint density at radius 2 is 2.27 bits per heavy atom. The van der Waals surface area contributed by atoms with Crippen LogP contribution in [0.1, 0.15) is 12.0 Å².